The Kier molecular flexibility index (Phi) is 6.35. The third-order valence-corrected chi connectivity index (χ3v) is 6.09. The number of carbonyl (C=O) groups is 1. The molecule has 4 rings (SSSR count). The molecule has 1 amide bonds. The van der Waals surface area contributed by atoms with Crippen LogP contribution in [0, 0.1) is 0 Å². The smallest absolute Gasteiger partial charge is 0.262 e. The van der Waals surface area contributed by atoms with Gasteiger partial charge in [-0.05, 0) is 30.2 Å². The lowest BCUT2D eigenvalue weighted by Gasteiger charge is -2.29. The average Bonchev–Trinajstić information content (AvgIpc) is 2.78. The largest absolute Gasteiger partial charge is 0.378 e. The summed E-state index contributed by atoms with van der Waals surface area (Å²) in [4.78, 5) is 31.6. The number of rotatable bonds is 7. The molecule has 2 aromatic carbocycles. The number of primary amides is 1. The number of hydrogen-bond donors (Lipinski definition) is 1. The van der Waals surface area contributed by atoms with E-state index in [1.54, 1.807) is 4.57 Å². The molecule has 0 saturated carbocycles. The first-order valence-corrected chi connectivity index (χ1v) is 10.9. The Labute approximate surface area is 178 Å². The zero-order valence-electron chi connectivity index (χ0n) is 16.6. The minimum absolute atomic E-state index is 0.0785. The van der Waals surface area contributed by atoms with Crippen LogP contribution in [-0.4, -0.2) is 47.5 Å². The van der Waals surface area contributed by atoms with Crippen molar-refractivity contribution in [3.8, 4) is 0 Å². The fourth-order valence-corrected chi connectivity index (χ4v) is 4.30. The van der Waals surface area contributed by atoms with Gasteiger partial charge >= 0.3 is 0 Å². The minimum Gasteiger partial charge on any atom is -0.378 e. The molecule has 1 fully saturated rings. The number of aryl methyl sites for hydroxylation is 1. The molecule has 2 N–H and O–H groups in total. The highest BCUT2D eigenvalue weighted by Gasteiger charge is 2.16. The standard InChI is InChI=1S/C22H24N4O3S/c23-20(27)15-30-22-24-19-7-6-17(25-10-12-29-13-11-25)14-18(19)21(28)26(22)9-8-16-4-2-1-3-5-16/h1-7,14H,8-13,15H2,(H2,23,27). The van der Waals surface area contributed by atoms with Crippen molar-refractivity contribution < 1.29 is 9.53 Å². The van der Waals surface area contributed by atoms with Gasteiger partial charge in [-0.25, -0.2) is 4.98 Å². The summed E-state index contributed by atoms with van der Waals surface area (Å²) in [6.45, 7) is 3.44. The summed E-state index contributed by atoms with van der Waals surface area (Å²) >= 11 is 1.20. The molecule has 0 spiro atoms. The van der Waals surface area contributed by atoms with Gasteiger partial charge < -0.3 is 15.4 Å². The number of carbonyl (C=O) groups excluding carboxylic acids is 1. The number of thioether (sulfide) groups is 1. The molecule has 0 radical (unpaired) electrons. The summed E-state index contributed by atoms with van der Waals surface area (Å²) in [5, 5.41) is 1.09. The van der Waals surface area contributed by atoms with Gasteiger partial charge in [-0.15, -0.1) is 0 Å². The van der Waals surface area contributed by atoms with Gasteiger partial charge in [-0.1, -0.05) is 42.1 Å². The highest BCUT2D eigenvalue weighted by Crippen LogP contribution is 2.23. The van der Waals surface area contributed by atoms with Crippen LogP contribution in [0.3, 0.4) is 0 Å². The molecule has 2 heterocycles. The van der Waals surface area contributed by atoms with Crippen LogP contribution in [0.1, 0.15) is 5.56 Å². The Bertz CT molecular complexity index is 1090. The second kappa shape index (κ2) is 9.32. The highest BCUT2D eigenvalue weighted by atomic mass is 32.2. The first kappa shape index (κ1) is 20.4. The van der Waals surface area contributed by atoms with Crippen LogP contribution in [0.25, 0.3) is 10.9 Å². The summed E-state index contributed by atoms with van der Waals surface area (Å²) < 4.78 is 7.09. The van der Waals surface area contributed by atoms with Gasteiger partial charge in [-0.2, -0.15) is 0 Å². The van der Waals surface area contributed by atoms with Crippen molar-refractivity contribution in [3.05, 3.63) is 64.4 Å². The number of amides is 1. The van der Waals surface area contributed by atoms with Gasteiger partial charge in [0.1, 0.15) is 0 Å². The second-order valence-electron chi connectivity index (χ2n) is 7.14. The van der Waals surface area contributed by atoms with Crippen molar-refractivity contribution >= 4 is 34.3 Å². The van der Waals surface area contributed by atoms with Crippen LogP contribution in [0.15, 0.2) is 58.5 Å². The number of nitrogens with zero attached hydrogens (tertiary/aromatic N) is 3. The van der Waals surface area contributed by atoms with E-state index in [1.807, 2.05) is 48.5 Å². The summed E-state index contributed by atoms with van der Waals surface area (Å²) in [6.07, 6.45) is 0.696. The Morgan fingerprint density at radius 3 is 2.63 bits per heavy atom. The summed E-state index contributed by atoms with van der Waals surface area (Å²) in [5.74, 6) is -0.360. The number of aromatic nitrogens is 2. The highest BCUT2D eigenvalue weighted by molar-refractivity contribution is 7.99. The van der Waals surface area contributed by atoms with Crippen molar-refractivity contribution in [2.24, 2.45) is 5.73 Å². The number of anilines is 1. The molecule has 1 aliphatic heterocycles. The predicted molar refractivity (Wildman–Crippen MR) is 119 cm³/mol. The molecular weight excluding hydrogens is 400 g/mol. The van der Waals surface area contributed by atoms with Crippen LogP contribution in [0.5, 0.6) is 0 Å². The monoisotopic (exact) mass is 424 g/mol. The van der Waals surface area contributed by atoms with E-state index in [9.17, 15) is 9.59 Å². The van der Waals surface area contributed by atoms with Crippen molar-refractivity contribution in [3.63, 3.8) is 0 Å². The van der Waals surface area contributed by atoms with Gasteiger partial charge in [0.2, 0.25) is 5.91 Å². The van der Waals surface area contributed by atoms with E-state index < -0.39 is 5.91 Å². The fourth-order valence-electron chi connectivity index (χ4n) is 3.54. The molecule has 0 aliphatic carbocycles. The molecule has 0 atom stereocenters. The van der Waals surface area contributed by atoms with Gasteiger partial charge in [0.25, 0.3) is 5.56 Å². The van der Waals surface area contributed by atoms with Crippen LogP contribution < -0.4 is 16.2 Å². The topological polar surface area (TPSA) is 90.5 Å². The predicted octanol–water partition coefficient (Wildman–Crippen LogP) is 2.05. The van der Waals surface area contributed by atoms with E-state index >= 15 is 0 Å². The lowest BCUT2D eigenvalue weighted by Crippen LogP contribution is -2.36. The van der Waals surface area contributed by atoms with Crippen LogP contribution in [0.2, 0.25) is 0 Å². The molecule has 30 heavy (non-hydrogen) atoms. The first-order valence-electron chi connectivity index (χ1n) is 9.94. The summed E-state index contributed by atoms with van der Waals surface area (Å²) in [6, 6.07) is 15.8. The number of hydrogen-bond acceptors (Lipinski definition) is 6. The van der Waals surface area contributed by atoms with Crippen molar-refractivity contribution in [2.45, 2.75) is 18.1 Å². The zero-order chi connectivity index (χ0) is 20.9. The average molecular weight is 425 g/mol. The van der Waals surface area contributed by atoms with Gasteiger partial charge in [0, 0.05) is 25.3 Å². The van der Waals surface area contributed by atoms with E-state index in [0.29, 0.717) is 42.2 Å². The molecule has 1 aromatic heterocycles. The summed E-state index contributed by atoms with van der Waals surface area (Å²) in [7, 11) is 0. The maximum Gasteiger partial charge on any atom is 0.262 e. The Morgan fingerprint density at radius 1 is 1.13 bits per heavy atom. The normalized spacial score (nSPS) is 14.2. The van der Waals surface area contributed by atoms with E-state index in [2.05, 4.69) is 9.88 Å². The number of morpholine rings is 1. The molecule has 7 nitrogen and oxygen atoms in total. The Morgan fingerprint density at radius 2 is 1.90 bits per heavy atom. The molecular formula is C22H24N4O3S. The third-order valence-electron chi connectivity index (χ3n) is 5.09. The first-order chi connectivity index (χ1) is 14.6. The number of benzene rings is 2. The molecule has 0 bridgehead atoms. The number of nitrogens with two attached hydrogens (primary N) is 1. The third kappa shape index (κ3) is 4.66. The summed E-state index contributed by atoms with van der Waals surface area (Å²) in [5.41, 5.74) is 7.98. The van der Waals surface area contributed by atoms with E-state index in [4.69, 9.17) is 10.5 Å². The van der Waals surface area contributed by atoms with Crippen LogP contribution in [0.4, 0.5) is 5.69 Å². The lowest BCUT2D eigenvalue weighted by molar-refractivity contribution is -0.115. The molecule has 1 aliphatic rings. The Balaban J connectivity index is 1.71. The SMILES string of the molecule is NC(=O)CSc1nc2ccc(N3CCOCC3)cc2c(=O)n1CCc1ccccc1. The zero-order valence-corrected chi connectivity index (χ0v) is 17.4. The molecule has 0 unspecified atom stereocenters. The minimum atomic E-state index is -0.438. The fraction of sp³-hybridized carbons (Fsp3) is 0.318. The molecule has 156 valence electrons. The van der Waals surface area contributed by atoms with Gasteiger partial charge in [-0.3, -0.25) is 14.2 Å². The van der Waals surface area contributed by atoms with Gasteiger partial charge in [0.15, 0.2) is 5.16 Å². The lowest BCUT2D eigenvalue weighted by atomic mass is 10.1. The maximum absolute atomic E-state index is 13.4. The van der Waals surface area contributed by atoms with E-state index in [-0.39, 0.29) is 11.3 Å². The van der Waals surface area contributed by atoms with Crippen molar-refractivity contribution in [1.29, 1.82) is 0 Å². The molecule has 3 aromatic rings. The van der Waals surface area contributed by atoms with Crippen LogP contribution in [-0.2, 0) is 22.5 Å². The van der Waals surface area contributed by atoms with Crippen molar-refractivity contribution in [1.82, 2.24) is 9.55 Å². The maximum atomic E-state index is 13.4. The molecule has 1 saturated heterocycles. The number of fused-ring (bicyclic) bond motifs is 1. The quantitative estimate of drug-likeness (QED) is 0.461. The number of ether oxygens (including phenoxy) is 1. The van der Waals surface area contributed by atoms with E-state index in [0.717, 1.165) is 24.3 Å². The Hall–Kier alpha value is -2.84. The second-order valence-corrected chi connectivity index (χ2v) is 8.09. The van der Waals surface area contributed by atoms with Crippen molar-refractivity contribution in [2.75, 3.05) is 37.0 Å². The van der Waals surface area contributed by atoms with E-state index in [1.165, 1.54) is 11.8 Å². The van der Waals surface area contributed by atoms with Gasteiger partial charge in [0.05, 0.1) is 29.9 Å². The molecule has 8 heteroatoms. The van der Waals surface area contributed by atoms with Crippen LogP contribution >= 0.6 is 11.8 Å².